The van der Waals surface area contributed by atoms with Crippen LogP contribution < -0.4 is 0 Å². The molecule has 0 bridgehead atoms. The fourth-order valence-corrected chi connectivity index (χ4v) is 2.48. The molecule has 6 nitrogen and oxygen atoms in total. The van der Waals surface area contributed by atoms with Crippen LogP contribution >= 0.6 is 0 Å². The van der Waals surface area contributed by atoms with Crippen molar-refractivity contribution in [1.29, 1.82) is 0 Å². The Morgan fingerprint density at radius 2 is 2.10 bits per heavy atom. The maximum Gasteiger partial charge on any atom is 0.303 e. The molecule has 1 aromatic heterocycles. The lowest BCUT2D eigenvalue weighted by Gasteiger charge is -2.19. The van der Waals surface area contributed by atoms with Crippen molar-refractivity contribution < 1.29 is 14.7 Å². The maximum absolute atomic E-state index is 12.3. The zero-order chi connectivity index (χ0) is 14.5. The van der Waals surface area contributed by atoms with Crippen molar-refractivity contribution >= 4 is 11.9 Å². The molecule has 6 heteroatoms. The summed E-state index contributed by atoms with van der Waals surface area (Å²) in [6, 6.07) is 0. The molecule has 1 saturated heterocycles. The van der Waals surface area contributed by atoms with Gasteiger partial charge in [-0.1, -0.05) is 0 Å². The molecule has 1 atom stereocenters. The van der Waals surface area contributed by atoms with Crippen molar-refractivity contribution in [1.82, 2.24) is 14.9 Å². The predicted molar refractivity (Wildman–Crippen MR) is 72.3 cm³/mol. The number of carboxylic acids is 1. The molecule has 108 valence electrons. The van der Waals surface area contributed by atoms with Crippen LogP contribution in [0.25, 0.3) is 0 Å². The number of carbonyl (C=O) groups excluding carboxylic acids is 1. The summed E-state index contributed by atoms with van der Waals surface area (Å²) in [7, 11) is 0. The van der Waals surface area contributed by atoms with Crippen LogP contribution in [-0.4, -0.2) is 44.9 Å². The number of aryl methyl sites for hydroxylation is 1. The van der Waals surface area contributed by atoms with Gasteiger partial charge < -0.3 is 10.0 Å². The van der Waals surface area contributed by atoms with Crippen LogP contribution in [0.3, 0.4) is 0 Å². The molecule has 1 N–H and O–H groups in total. The first-order valence-corrected chi connectivity index (χ1v) is 6.86. The van der Waals surface area contributed by atoms with Crippen molar-refractivity contribution in [2.24, 2.45) is 5.92 Å². The summed E-state index contributed by atoms with van der Waals surface area (Å²) < 4.78 is 0. The molecule has 20 heavy (non-hydrogen) atoms. The van der Waals surface area contributed by atoms with Gasteiger partial charge in [-0.25, -0.2) is 4.98 Å². The largest absolute Gasteiger partial charge is 0.481 e. The van der Waals surface area contributed by atoms with E-state index in [-0.39, 0.29) is 18.2 Å². The number of likely N-dealkylation sites (tertiary alicyclic amines) is 1. The highest BCUT2D eigenvalue weighted by Gasteiger charge is 2.23. The summed E-state index contributed by atoms with van der Waals surface area (Å²) in [5, 5.41) is 8.84. The Balaban J connectivity index is 1.97. The fourth-order valence-electron chi connectivity index (χ4n) is 2.48. The quantitative estimate of drug-likeness (QED) is 0.905. The molecule has 0 radical (unpaired) electrons. The van der Waals surface area contributed by atoms with Crippen LogP contribution in [0.15, 0.2) is 12.4 Å². The van der Waals surface area contributed by atoms with Gasteiger partial charge in [0.25, 0.3) is 5.91 Å². The first-order chi connectivity index (χ1) is 9.56. The third-order valence-corrected chi connectivity index (χ3v) is 3.60. The monoisotopic (exact) mass is 277 g/mol. The molecule has 2 rings (SSSR count). The summed E-state index contributed by atoms with van der Waals surface area (Å²) >= 11 is 0. The van der Waals surface area contributed by atoms with Gasteiger partial charge in [0.2, 0.25) is 0 Å². The lowest BCUT2D eigenvalue weighted by atomic mass is 9.97. The van der Waals surface area contributed by atoms with E-state index < -0.39 is 5.97 Å². The Labute approximate surface area is 117 Å². The zero-order valence-electron chi connectivity index (χ0n) is 11.6. The highest BCUT2D eigenvalue weighted by molar-refractivity contribution is 5.92. The van der Waals surface area contributed by atoms with Gasteiger partial charge in [-0.05, 0) is 32.1 Å². The smallest absolute Gasteiger partial charge is 0.303 e. The first kappa shape index (κ1) is 14.4. The predicted octanol–water partition coefficient (Wildman–Crippen LogP) is 1.50. The average molecular weight is 277 g/mol. The van der Waals surface area contributed by atoms with Gasteiger partial charge in [0, 0.05) is 25.7 Å². The Bertz CT molecular complexity index is 487. The van der Waals surface area contributed by atoms with Crippen molar-refractivity contribution in [3.63, 3.8) is 0 Å². The molecule has 0 aliphatic carbocycles. The van der Waals surface area contributed by atoms with Crippen molar-refractivity contribution in [2.75, 3.05) is 13.1 Å². The minimum Gasteiger partial charge on any atom is -0.481 e. The molecule has 0 unspecified atom stereocenters. The van der Waals surface area contributed by atoms with Crippen LogP contribution in [0.5, 0.6) is 0 Å². The maximum atomic E-state index is 12.3. The molecular formula is C14H19N3O3. The third-order valence-electron chi connectivity index (χ3n) is 3.60. The highest BCUT2D eigenvalue weighted by atomic mass is 16.4. The van der Waals surface area contributed by atoms with Crippen LogP contribution in [0.1, 0.15) is 41.9 Å². The lowest BCUT2D eigenvalue weighted by Crippen LogP contribution is -2.32. The Hall–Kier alpha value is -1.98. The molecular weight excluding hydrogens is 258 g/mol. The third kappa shape index (κ3) is 3.76. The molecule has 1 aliphatic rings. The minimum absolute atomic E-state index is 0.117. The number of hydrogen-bond acceptors (Lipinski definition) is 4. The van der Waals surface area contributed by atoms with Crippen LogP contribution in [-0.2, 0) is 4.79 Å². The van der Waals surface area contributed by atoms with Gasteiger partial charge in [0.15, 0.2) is 0 Å². The highest BCUT2D eigenvalue weighted by Crippen LogP contribution is 2.21. The molecule has 0 saturated carbocycles. The SMILES string of the molecule is Cc1cnc(C(=O)N2CCC[C@@H](CC(=O)O)CC2)cn1. The van der Waals surface area contributed by atoms with Gasteiger partial charge in [0.05, 0.1) is 11.9 Å². The standard InChI is InChI=1S/C14H19N3O3/c1-10-8-16-12(9-15-10)14(20)17-5-2-3-11(4-6-17)7-13(18)19/h8-9,11H,2-7H2,1H3,(H,18,19)/t11-/m1/s1. The number of nitrogens with zero attached hydrogens (tertiary/aromatic N) is 3. The van der Waals surface area contributed by atoms with Gasteiger partial charge in [-0.3, -0.25) is 14.6 Å². The van der Waals surface area contributed by atoms with Crippen LogP contribution in [0, 0.1) is 12.8 Å². The Kier molecular flexibility index (Phi) is 4.65. The van der Waals surface area contributed by atoms with Crippen LogP contribution in [0.2, 0.25) is 0 Å². The lowest BCUT2D eigenvalue weighted by molar-refractivity contribution is -0.138. The average Bonchev–Trinajstić information content (AvgIpc) is 2.64. The van der Waals surface area contributed by atoms with E-state index in [9.17, 15) is 9.59 Å². The number of carboxylic acid groups (broad SMARTS) is 1. The summed E-state index contributed by atoms with van der Waals surface area (Å²) in [6.07, 6.45) is 5.69. The first-order valence-electron chi connectivity index (χ1n) is 6.86. The van der Waals surface area contributed by atoms with Gasteiger partial charge >= 0.3 is 5.97 Å². The van der Waals surface area contributed by atoms with Gasteiger partial charge in [0.1, 0.15) is 5.69 Å². The molecule has 1 aromatic rings. The Morgan fingerprint density at radius 3 is 2.75 bits per heavy atom. The summed E-state index contributed by atoms with van der Waals surface area (Å²) in [6.45, 7) is 3.07. The number of amides is 1. The number of aliphatic carboxylic acids is 1. The van der Waals surface area contributed by atoms with Gasteiger partial charge in [-0.15, -0.1) is 0 Å². The van der Waals surface area contributed by atoms with E-state index in [2.05, 4.69) is 9.97 Å². The van der Waals surface area contributed by atoms with E-state index in [1.165, 1.54) is 6.20 Å². The van der Waals surface area contributed by atoms with E-state index in [1.54, 1.807) is 11.1 Å². The Morgan fingerprint density at radius 1 is 1.30 bits per heavy atom. The normalized spacial score (nSPS) is 19.4. The van der Waals surface area contributed by atoms with E-state index in [1.807, 2.05) is 6.92 Å². The summed E-state index contributed by atoms with van der Waals surface area (Å²) in [5.74, 6) is -0.720. The molecule has 2 heterocycles. The second-order valence-corrected chi connectivity index (χ2v) is 5.23. The van der Waals surface area contributed by atoms with E-state index in [0.29, 0.717) is 18.8 Å². The van der Waals surface area contributed by atoms with Crippen LogP contribution in [0.4, 0.5) is 0 Å². The summed E-state index contributed by atoms with van der Waals surface area (Å²) in [4.78, 5) is 33.0. The molecule has 1 amide bonds. The molecule has 0 spiro atoms. The van der Waals surface area contributed by atoms with E-state index in [0.717, 1.165) is 25.0 Å². The van der Waals surface area contributed by atoms with Crippen molar-refractivity contribution in [2.45, 2.75) is 32.6 Å². The fraction of sp³-hybridized carbons (Fsp3) is 0.571. The summed E-state index contributed by atoms with van der Waals surface area (Å²) in [5.41, 5.74) is 1.13. The van der Waals surface area contributed by atoms with Crippen molar-refractivity contribution in [3.8, 4) is 0 Å². The minimum atomic E-state index is -0.765. The molecule has 1 fully saturated rings. The second kappa shape index (κ2) is 6.45. The number of carbonyl (C=O) groups is 2. The number of rotatable bonds is 3. The van der Waals surface area contributed by atoms with Gasteiger partial charge in [-0.2, -0.15) is 0 Å². The zero-order valence-corrected chi connectivity index (χ0v) is 11.6. The molecule has 1 aliphatic heterocycles. The topological polar surface area (TPSA) is 83.4 Å². The molecule has 0 aromatic carbocycles. The van der Waals surface area contributed by atoms with E-state index in [4.69, 9.17) is 5.11 Å². The number of aromatic nitrogens is 2. The van der Waals surface area contributed by atoms with Crippen molar-refractivity contribution in [3.05, 3.63) is 23.8 Å². The second-order valence-electron chi connectivity index (χ2n) is 5.23. The number of hydrogen-bond donors (Lipinski definition) is 1. The van der Waals surface area contributed by atoms with E-state index >= 15 is 0 Å².